The molecule has 2 aromatic heterocycles. The van der Waals surface area contributed by atoms with E-state index in [-0.39, 0.29) is 17.3 Å². The van der Waals surface area contributed by atoms with Gasteiger partial charge in [-0.3, -0.25) is 0 Å². The molecule has 44 heavy (non-hydrogen) atoms. The summed E-state index contributed by atoms with van der Waals surface area (Å²) in [6.07, 6.45) is -7.42. The highest BCUT2D eigenvalue weighted by Gasteiger charge is 2.35. The lowest BCUT2D eigenvalue weighted by Gasteiger charge is -2.15. The predicted octanol–water partition coefficient (Wildman–Crippen LogP) is 7.18. The molecule has 5 rings (SSSR count). The number of aryl methyl sites for hydroxylation is 2. The second-order valence-corrected chi connectivity index (χ2v) is 9.98. The van der Waals surface area contributed by atoms with Crippen LogP contribution in [0.1, 0.15) is 22.6 Å². The SMILES string of the molecule is Cc1cccc(-c2ccc(-n3cc(C(F)(F)F)nc3C)c(-c3ocnc3-c3ccc(OC(F)(F)F)cc3)c2)c1C.N[SH](=O)=O. The maximum atomic E-state index is 13.5. The Morgan fingerprint density at radius 3 is 2.11 bits per heavy atom. The van der Waals surface area contributed by atoms with Crippen molar-refractivity contribution in [2.75, 3.05) is 0 Å². The second kappa shape index (κ2) is 12.5. The molecule has 0 bridgehead atoms. The zero-order valence-corrected chi connectivity index (χ0v) is 24.1. The lowest BCUT2D eigenvalue weighted by Crippen LogP contribution is -2.16. The van der Waals surface area contributed by atoms with Crippen LogP contribution in [-0.4, -0.2) is 29.3 Å². The smallest absolute Gasteiger partial charge is 0.443 e. The van der Waals surface area contributed by atoms with E-state index in [0.29, 0.717) is 16.8 Å². The number of aromatic nitrogens is 3. The number of rotatable bonds is 5. The van der Waals surface area contributed by atoms with Crippen molar-refractivity contribution in [3.63, 3.8) is 0 Å². The molecule has 0 saturated heterocycles. The standard InChI is InChI=1S/C29H21F6N3O2.H3NO2S/c1-16-5-4-6-22(17(16)2)20-9-12-24(38-14-25(28(30,31)32)37-18(38)3)23(13-20)27-26(36-15-39-27)19-7-10-21(11-8-19)40-29(33,34)35;1-4(2)3/h4-15H,1-3H3;4H,(H2,1,2,3). The molecular formula is C29H24F6N4O4S. The maximum Gasteiger partial charge on any atom is 0.573 e. The number of imidazole rings is 1. The third-order valence-corrected chi connectivity index (χ3v) is 6.52. The predicted molar refractivity (Wildman–Crippen MR) is 150 cm³/mol. The minimum atomic E-state index is -4.85. The first-order chi connectivity index (χ1) is 20.5. The number of ether oxygens (including phenoxy) is 1. The van der Waals surface area contributed by atoms with Gasteiger partial charge < -0.3 is 13.7 Å². The lowest BCUT2D eigenvalue weighted by atomic mass is 9.94. The third kappa shape index (κ3) is 7.47. The number of nitrogens with zero attached hydrogens (tertiary/aromatic N) is 3. The van der Waals surface area contributed by atoms with E-state index in [0.717, 1.165) is 40.6 Å². The van der Waals surface area contributed by atoms with E-state index >= 15 is 0 Å². The molecule has 0 aliphatic carbocycles. The van der Waals surface area contributed by atoms with Crippen molar-refractivity contribution < 1.29 is 43.9 Å². The Labute approximate surface area is 248 Å². The van der Waals surface area contributed by atoms with E-state index in [2.05, 4.69) is 19.8 Å². The molecule has 0 atom stereocenters. The fraction of sp³-hybridized carbons (Fsp3) is 0.172. The van der Waals surface area contributed by atoms with Gasteiger partial charge in [-0.25, -0.2) is 23.5 Å². The molecule has 15 heteroatoms. The van der Waals surface area contributed by atoms with Crippen molar-refractivity contribution in [1.82, 2.24) is 14.5 Å². The molecule has 2 heterocycles. The molecule has 2 N–H and O–H groups in total. The number of oxazole rings is 1. The van der Waals surface area contributed by atoms with Crippen molar-refractivity contribution in [3.05, 3.63) is 95.9 Å². The van der Waals surface area contributed by atoms with Gasteiger partial charge in [0.15, 0.2) is 28.7 Å². The van der Waals surface area contributed by atoms with Crippen molar-refractivity contribution >= 4 is 10.9 Å². The number of hydrogen-bond donors (Lipinski definition) is 2. The summed E-state index contributed by atoms with van der Waals surface area (Å²) in [6.45, 7) is 5.40. The van der Waals surface area contributed by atoms with E-state index in [1.165, 1.54) is 30.0 Å². The van der Waals surface area contributed by atoms with Crippen LogP contribution in [0.5, 0.6) is 5.75 Å². The molecule has 0 fully saturated rings. The van der Waals surface area contributed by atoms with Gasteiger partial charge in [0.1, 0.15) is 17.3 Å². The first-order valence-electron chi connectivity index (χ1n) is 12.6. The van der Waals surface area contributed by atoms with Gasteiger partial charge in [0.2, 0.25) is 0 Å². The zero-order chi connectivity index (χ0) is 32.4. The molecule has 8 nitrogen and oxygen atoms in total. The largest absolute Gasteiger partial charge is 0.573 e. The van der Waals surface area contributed by atoms with E-state index in [1.807, 2.05) is 32.0 Å². The van der Waals surface area contributed by atoms with Crippen LogP contribution in [0.4, 0.5) is 26.3 Å². The summed E-state index contributed by atoms with van der Waals surface area (Å²) in [6, 6.07) is 16.1. The van der Waals surface area contributed by atoms with Crippen LogP contribution >= 0.6 is 0 Å². The average Bonchev–Trinajstić information content (AvgIpc) is 3.56. The van der Waals surface area contributed by atoms with Gasteiger partial charge in [-0.15, -0.1) is 13.2 Å². The summed E-state index contributed by atoms with van der Waals surface area (Å²) in [7, 11) is -2.62. The summed E-state index contributed by atoms with van der Waals surface area (Å²) in [4.78, 5) is 7.96. The average molecular weight is 639 g/mol. The Balaban J connectivity index is 0.00000104. The molecular weight excluding hydrogens is 614 g/mol. The highest BCUT2D eigenvalue weighted by Crippen LogP contribution is 2.40. The molecule has 5 aromatic rings. The Kier molecular flexibility index (Phi) is 9.20. The highest BCUT2D eigenvalue weighted by atomic mass is 32.2. The highest BCUT2D eigenvalue weighted by molar-refractivity contribution is 7.69. The fourth-order valence-corrected chi connectivity index (χ4v) is 4.47. The molecule has 232 valence electrons. The van der Waals surface area contributed by atoms with Crippen LogP contribution in [0.2, 0.25) is 0 Å². The van der Waals surface area contributed by atoms with Crippen LogP contribution in [0.25, 0.3) is 39.4 Å². The second-order valence-electron chi connectivity index (χ2n) is 9.41. The number of halogens is 6. The molecule has 0 aliphatic heterocycles. The normalized spacial score (nSPS) is 11.8. The zero-order valence-electron chi connectivity index (χ0n) is 23.2. The van der Waals surface area contributed by atoms with Crippen LogP contribution in [-0.2, 0) is 17.1 Å². The third-order valence-electron chi connectivity index (χ3n) is 6.52. The number of benzene rings is 3. The molecule has 0 unspecified atom stereocenters. The molecule has 0 saturated carbocycles. The van der Waals surface area contributed by atoms with Crippen molar-refractivity contribution in [3.8, 4) is 45.1 Å². The van der Waals surface area contributed by atoms with E-state index < -0.39 is 34.9 Å². The van der Waals surface area contributed by atoms with Gasteiger partial charge in [0.05, 0.1) is 5.69 Å². The topological polar surface area (TPSA) is 113 Å². The van der Waals surface area contributed by atoms with E-state index in [1.54, 1.807) is 18.2 Å². The Morgan fingerprint density at radius 2 is 1.52 bits per heavy atom. The van der Waals surface area contributed by atoms with Crippen LogP contribution in [0.3, 0.4) is 0 Å². The van der Waals surface area contributed by atoms with Gasteiger partial charge in [0, 0.05) is 17.3 Å². The Morgan fingerprint density at radius 1 is 0.886 bits per heavy atom. The number of nitrogens with two attached hydrogens (primary N) is 1. The van der Waals surface area contributed by atoms with Crippen LogP contribution in [0.15, 0.2) is 77.7 Å². The summed E-state index contributed by atoms with van der Waals surface area (Å²) in [5.74, 6) is -0.0938. The quantitative estimate of drug-likeness (QED) is 0.156. The van der Waals surface area contributed by atoms with Gasteiger partial charge >= 0.3 is 12.5 Å². The molecule has 0 radical (unpaired) electrons. The fourth-order valence-electron chi connectivity index (χ4n) is 4.47. The van der Waals surface area contributed by atoms with Gasteiger partial charge in [-0.2, -0.15) is 13.2 Å². The first-order valence-corrected chi connectivity index (χ1v) is 13.8. The Bertz CT molecular complexity index is 1850. The van der Waals surface area contributed by atoms with Gasteiger partial charge in [-0.05, 0) is 79.4 Å². The van der Waals surface area contributed by atoms with E-state index in [4.69, 9.17) is 12.8 Å². The minimum absolute atomic E-state index is 0.0998. The van der Waals surface area contributed by atoms with E-state index in [9.17, 15) is 26.3 Å². The summed E-state index contributed by atoms with van der Waals surface area (Å²) >= 11 is 0. The molecule has 3 aromatic carbocycles. The first kappa shape index (κ1) is 32.3. The monoisotopic (exact) mass is 638 g/mol. The van der Waals surface area contributed by atoms with Crippen molar-refractivity contribution in [2.45, 2.75) is 33.3 Å². The molecule has 0 spiro atoms. The summed E-state index contributed by atoms with van der Waals surface area (Å²) in [5, 5.41) is 4.06. The summed E-state index contributed by atoms with van der Waals surface area (Å²) in [5.41, 5.74) is 4.20. The van der Waals surface area contributed by atoms with Gasteiger partial charge in [0.25, 0.3) is 0 Å². The van der Waals surface area contributed by atoms with Crippen molar-refractivity contribution in [1.29, 1.82) is 0 Å². The number of alkyl halides is 6. The van der Waals surface area contributed by atoms with Crippen LogP contribution < -0.4 is 9.88 Å². The maximum absolute atomic E-state index is 13.5. The van der Waals surface area contributed by atoms with Gasteiger partial charge in [-0.1, -0.05) is 24.3 Å². The lowest BCUT2D eigenvalue weighted by molar-refractivity contribution is -0.274. The number of hydrogen-bond acceptors (Lipinski definition) is 6. The van der Waals surface area contributed by atoms with Crippen LogP contribution in [0, 0.1) is 20.8 Å². The molecule has 0 aliphatic rings. The number of thiol groups is 1. The summed E-state index contributed by atoms with van der Waals surface area (Å²) < 4.78 is 107. The minimum Gasteiger partial charge on any atom is -0.443 e. The molecule has 0 amide bonds. The van der Waals surface area contributed by atoms with Crippen molar-refractivity contribution in [2.24, 2.45) is 5.14 Å². The Hall–Kier alpha value is -4.63.